The Morgan fingerprint density at radius 1 is 1.08 bits per heavy atom. The number of carbonyl (C=O) groups is 1. The fraction of sp³-hybridized carbons (Fsp3) is 0.150. The highest BCUT2D eigenvalue weighted by atomic mass is 19.1. The molecule has 0 fully saturated rings. The van der Waals surface area contributed by atoms with Crippen LogP contribution in [0.15, 0.2) is 60.7 Å². The van der Waals surface area contributed by atoms with Crippen LogP contribution in [0.1, 0.15) is 23.2 Å². The summed E-state index contributed by atoms with van der Waals surface area (Å²) in [6.45, 7) is 4.16. The third-order valence-corrected chi connectivity index (χ3v) is 3.80. The summed E-state index contributed by atoms with van der Waals surface area (Å²) in [6.07, 6.45) is 0. The summed E-state index contributed by atoms with van der Waals surface area (Å²) < 4.78 is 13.0. The van der Waals surface area contributed by atoms with Crippen molar-refractivity contribution in [3.63, 3.8) is 0 Å². The molecule has 0 aliphatic carbocycles. The number of nitrogens with one attached hydrogen (secondary N) is 1. The topological polar surface area (TPSA) is 58.1 Å². The number of carbonyl (C=O) groups excluding carboxylic acids is 1. The van der Waals surface area contributed by atoms with Crippen molar-refractivity contribution in [3.8, 4) is 0 Å². The summed E-state index contributed by atoms with van der Waals surface area (Å²) in [5.41, 5.74) is 1.79. The van der Waals surface area contributed by atoms with E-state index in [9.17, 15) is 9.18 Å². The van der Waals surface area contributed by atoms with Crippen LogP contribution in [0.4, 0.5) is 21.6 Å². The van der Waals surface area contributed by atoms with Gasteiger partial charge in [-0.15, -0.1) is 0 Å². The van der Waals surface area contributed by atoms with E-state index in [1.807, 2.05) is 37.3 Å². The van der Waals surface area contributed by atoms with E-state index in [0.717, 1.165) is 5.69 Å². The van der Waals surface area contributed by atoms with Crippen LogP contribution in [0.3, 0.4) is 0 Å². The summed E-state index contributed by atoms with van der Waals surface area (Å²) in [5, 5.41) is 3.08. The number of benzene rings is 2. The van der Waals surface area contributed by atoms with Crippen molar-refractivity contribution >= 4 is 23.1 Å². The molecular weight excluding hydrogens is 331 g/mol. The molecule has 6 heteroatoms. The van der Waals surface area contributed by atoms with Gasteiger partial charge in [-0.25, -0.2) is 14.4 Å². The van der Waals surface area contributed by atoms with Gasteiger partial charge >= 0.3 is 0 Å². The molecule has 2 aromatic carbocycles. The fourth-order valence-corrected chi connectivity index (χ4v) is 2.61. The van der Waals surface area contributed by atoms with Crippen molar-refractivity contribution in [2.75, 3.05) is 16.8 Å². The minimum Gasteiger partial charge on any atom is -0.340 e. The number of nitrogens with zero attached hydrogens (tertiary/aromatic N) is 3. The van der Waals surface area contributed by atoms with Crippen molar-refractivity contribution < 1.29 is 9.18 Å². The Bertz CT molecular complexity index is 897. The first-order chi connectivity index (χ1) is 12.6. The first kappa shape index (κ1) is 17.5. The van der Waals surface area contributed by atoms with Crippen LogP contribution < -0.4 is 10.2 Å². The number of anilines is 3. The van der Waals surface area contributed by atoms with E-state index in [4.69, 9.17) is 0 Å². The van der Waals surface area contributed by atoms with Gasteiger partial charge in [-0.05, 0) is 50.2 Å². The van der Waals surface area contributed by atoms with Crippen LogP contribution in [-0.4, -0.2) is 22.4 Å². The van der Waals surface area contributed by atoms with E-state index in [0.29, 0.717) is 29.6 Å². The molecule has 1 aromatic heterocycles. The molecule has 1 heterocycles. The maximum absolute atomic E-state index is 13.0. The zero-order valence-corrected chi connectivity index (χ0v) is 14.6. The molecular formula is C20H19FN4O. The number of hydrogen-bond donors (Lipinski definition) is 1. The van der Waals surface area contributed by atoms with Crippen LogP contribution >= 0.6 is 0 Å². The Balaban J connectivity index is 1.88. The second kappa shape index (κ2) is 7.74. The standard InChI is InChI=1S/C20H19FN4O/c1-3-25(17-7-5-4-6-8-17)20(26)18-13-19(23-14(2)22-18)24-16-11-9-15(21)10-12-16/h4-13H,3H2,1-2H3,(H,22,23,24). The quantitative estimate of drug-likeness (QED) is 0.744. The van der Waals surface area contributed by atoms with E-state index in [2.05, 4.69) is 15.3 Å². The summed E-state index contributed by atoms with van der Waals surface area (Å²) in [5.74, 6) is 0.444. The molecule has 1 amide bonds. The third kappa shape index (κ3) is 4.03. The van der Waals surface area contributed by atoms with Gasteiger partial charge in [0.15, 0.2) is 0 Å². The Morgan fingerprint density at radius 2 is 1.77 bits per heavy atom. The molecule has 0 bridgehead atoms. The second-order valence-electron chi connectivity index (χ2n) is 5.70. The van der Waals surface area contributed by atoms with Crippen LogP contribution in [0, 0.1) is 12.7 Å². The highest BCUT2D eigenvalue weighted by Gasteiger charge is 2.18. The normalized spacial score (nSPS) is 10.4. The highest BCUT2D eigenvalue weighted by molar-refractivity contribution is 6.05. The monoisotopic (exact) mass is 350 g/mol. The summed E-state index contributed by atoms with van der Waals surface area (Å²) >= 11 is 0. The lowest BCUT2D eigenvalue weighted by molar-refractivity contribution is 0.0983. The summed E-state index contributed by atoms with van der Waals surface area (Å²) in [7, 11) is 0. The molecule has 0 atom stereocenters. The average Bonchev–Trinajstić information content (AvgIpc) is 2.64. The van der Waals surface area contributed by atoms with E-state index in [1.54, 1.807) is 30.0 Å². The van der Waals surface area contributed by atoms with Crippen LogP contribution in [0.2, 0.25) is 0 Å². The molecule has 1 N–H and O–H groups in total. The van der Waals surface area contributed by atoms with Crippen molar-refractivity contribution in [1.82, 2.24) is 9.97 Å². The van der Waals surface area contributed by atoms with Gasteiger partial charge in [0.05, 0.1) is 0 Å². The predicted octanol–water partition coefficient (Wildman–Crippen LogP) is 4.33. The number of halogens is 1. The number of hydrogen-bond acceptors (Lipinski definition) is 4. The van der Waals surface area contributed by atoms with E-state index in [1.165, 1.54) is 12.1 Å². The van der Waals surface area contributed by atoms with Crippen molar-refractivity contribution in [2.24, 2.45) is 0 Å². The average molecular weight is 350 g/mol. The number of aryl methyl sites for hydroxylation is 1. The molecule has 0 aliphatic heterocycles. The zero-order chi connectivity index (χ0) is 18.5. The van der Waals surface area contributed by atoms with Gasteiger partial charge in [-0.2, -0.15) is 0 Å². The molecule has 26 heavy (non-hydrogen) atoms. The molecule has 132 valence electrons. The van der Waals surface area contributed by atoms with E-state index < -0.39 is 0 Å². The molecule has 0 saturated heterocycles. The largest absolute Gasteiger partial charge is 0.340 e. The lowest BCUT2D eigenvalue weighted by Gasteiger charge is -2.21. The second-order valence-corrected chi connectivity index (χ2v) is 5.70. The lowest BCUT2D eigenvalue weighted by atomic mass is 10.2. The first-order valence-corrected chi connectivity index (χ1v) is 8.32. The highest BCUT2D eigenvalue weighted by Crippen LogP contribution is 2.19. The minimum absolute atomic E-state index is 0.202. The summed E-state index contributed by atoms with van der Waals surface area (Å²) in [6, 6.07) is 17.0. The molecule has 0 aliphatic rings. The van der Waals surface area contributed by atoms with Crippen LogP contribution in [-0.2, 0) is 0 Å². The molecule has 5 nitrogen and oxygen atoms in total. The molecule has 0 radical (unpaired) electrons. The Kier molecular flexibility index (Phi) is 5.22. The van der Waals surface area contributed by atoms with Crippen LogP contribution in [0.25, 0.3) is 0 Å². The minimum atomic E-state index is -0.313. The summed E-state index contributed by atoms with van der Waals surface area (Å²) in [4.78, 5) is 23.2. The number of rotatable bonds is 5. The van der Waals surface area contributed by atoms with Crippen molar-refractivity contribution in [2.45, 2.75) is 13.8 Å². The zero-order valence-electron chi connectivity index (χ0n) is 14.6. The van der Waals surface area contributed by atoms with Gasteiger partial charge in [0, 0.05) is 24.0 Å². The number of para-hydroxylation sites is 1. The Morgan fingerprint density at radius 3 is 2.42 bits per heavy atom. The molecule has 0 spiro atoms. The van der Waals surface area contributed by atoms with Gasteiger partial charge in [0.1, 0.15) is 23.2 Å². The Hall–Kier alpha value is -3.28. The molecule has 3 aromatic rings. The van der Waals surface area contributed by atoms with Gasteiger partial charge < -0.3 is 10.2 Å². The molecule has 3 rings (SSSR count). The smallest absolute Gasteiger partial charge is 0.277 e. The maximum Gasteiger partial charge on any atom is 0.277 e. The number of aromatic nitrogens is 2. The molecule has 0 saturated carbocycles. The van der Waals surface area contributed by atoms with Crippen LogP contribution in [0.5, 0.6) is 0 Å². The fourth-order valence-electron chi connectivity index (χ4n) is 2.61. The molecule has 0 unspecified atom stereocenters. The SMILES string of the molecule is CCN(C(=O)c1cc(Nc2ccc(F)cc2)nc(C)n1)c1ccccc1. The lowest BCUT2D eigenvalue weighted by Crippen LogP contribution is -2.31. The maximum atomic E-state index is 13.0. The van der Waals surface area contributed by atoms with Gasteiger partial charge in [0.2, 0.25) is 0 Å². The predicted molar refractivity (Wildman–Crippen MR) is 100 cm³/mol. The van der Waals surface area contributed by atoms with Gasteiger partial charge in [-0.1, -0.05) is 18.2 Å². The van der Waals surface area contributed by atoms with Gasteiger partial charge in [0.25, 0.3) is 5.91 Å². The van der Waals surface area contributed by atoms with Crippen molar-refractivity contribution in [1.29, 1.82) is 0 Å². The van der Waals surface area contributed by atoms with Gasteiger partial charge in [-0.3, -0.25) is 4.79 Å². The third-order valence-electron chi connectivity index (χ3n) is 3.80. The Labute approximate surface area is 151 Å². The van der Waals surface area contributed by atoms with E-state index >= 15 is 0 Å². The van der Waals surface area contributed by atoms with Crippen molar-refractivity contribution in [3.05, 3.63) is 78.0 Å². The first-order valence-electron chi connectivity index (χ1n) is 8.32. The number of amides is 1. The van der Waals surface area contributed by atoms with E-state index in [-0.39, 0.29) is 11.7 Å².